The lowest BCUT2D eigenvalue weighted by molar-refractivity contribution is -0.384. The maximum absolute atomic E-state index is 11.9. The van der Waals surface area contributed by atoms with Crippen LogP contribution in [0.4, 0.5) is 5.69 Å². The molecule has 3 rings (SSSR count). The Kier molecular flexibility index (Phi) is 3.95. The molecule has 5 nitrogen and oxygen atoms in total. The van der Waals surface area contributed by atoms with Crippen LogP contribution in [0.2, 0.25) is 5.02 Å². The lowest BCUT2D eigenvalue weighted by atomic mass is 10.1. The summed E-state index contributed by atoms with van der Waals surface area (Å²) < 4.78 is 5.23. The number of hydrogen-bond donors (Lipinski definition) is 0. The van der Waals surface area contributed by atoms with Crippen LogP contribution in [0.5, 0.6) is 0 Å². The topological polar surface area (TPSA) is 69.4 Å². The fraction of sp³-hybridized carbons (Fsp3) is 0. The van der Waals surface area contributed by atoms with Gasteiger partial charge in [0.05, 0.1) is 10.5 Å². The summed E-state index contributed by atoms with van der Waals surface area (Å²) in [5.41, 5.74) is 1.58. The van der Waals surface area contributed by atoms with Gasteiger partial charge in [0.25, 0.3) is 5.69 Å². The van der Waals surface area contributed by atoms with E-state index in [1.807, 2.05) is 0 Å². The molecule has 1 aliphatic rings. The van der Waals surface area contributed by atoms with Crippen LogP contribution in [0.25, 0.3) is 11.8 Å². The molecule has 0 amide bonds. The average molecular weight is 328 g/mol. The minimum Gasteiger partial charge on any atom is -0.422 e. The number of non-ortho nitro benzene ring substituents is 1. The Morgan fingerprint density at radius 3 is 2.57 bits per heavy atom. The lowest BCUT2D eigenvalue weighted by Gasteiger charge is -2.01. The highest BCUT2D eigenvalue weighted by molar-refractivity contribution is 6.30. The van der Waals surface area contributed by atoms with Crippen LogP contribution in [-0.2, 0) is 9.53 Å². The first-order valence-electron chi connectivity index (χ1n) is 6.69. The predicted octanol–water partition coefficient (Wildman–Crippen LogP) is 4.23. The number of carbonyl (C=O) groups excluding carboxylic acids is 1. The zero-order chi connectivity index (χ0) is 16.4. The molecule has 0 unspecified atom stereocenters. The van der Waals surface area contributed by atoms with Gasteiger partial charge in [0.1, 0.15) is 5.76 Å². The summed E-state index contributed by atoms with van der Waals surface area (Å²) in [7, 11) is 0. The van der Waals surface area contributed by atoms with E-state index in [9.17, 15) is 14.9 Å². The normalized spacial score (nSPS) is 15.4. The molecule has 0 radical (unpaired) electrons. The minimum absolute atomic E-state index is 0.0346. The van der Waals surface area contributed by atoms with Crippen LogP contribution in [0.3, 0.4) is 0 Å². The van der Waals surface area contributed by atoms with Crippen LogP contribution in [0, 0.1) is 10.1 Å². The smallest absolute Gasteiger partial charge is 0.343 e. The third-order valence-electron chi connectivity index (χ3n) is 3.26. The van der Waals surface area contributed by atoms with Crippen molar-refractivity contribution in [3.05, 3.63) is 86.4 Å². The van der Waals surface area contributed by atoms with Gasteiger partial charge in [-0.3, -0.25) is 10.1 Å². The van der Waals surface area contributed by atoms with E-state index < -0.39 is 10.9 Å². The van der Waals surface area contributed by atoms with Crippen LogP contribution in [0.1, 0.15) is 11.1 Å². The molecule has 114 valence electrons. The molecule has 0 bridgehead atoms. The van der Waals surface area contributed by atoms with Crippen molar-refractivity contribution in [3.63, 3.8) is 0 Å². The van der Waals surface area contributed by atoms with Crippen LogP contribution in [0.15, 0.2) is 60.2 Å². The number of hydrogen-bond acceptors (Lipinski definition) is 4. The summed E-state index contributed by atoms with van der Waals surface area (Å²) in [6, 6.07) is 12.9. The van der Waals surface area contributed by atoms with Crippen molar-refractivity contribution in [2.75, 3.05) is 0 Å². The zero-order valence-electron chi connectivity index (χ0n) is 11.7. The second-order valence-corrected chi connectivity index (χ2v) is 5.29. The second kappa shape index (κ2) is 6.06. The molecule has 0 saturated carbocycles. The van der Waals surface area contributed by atoms with E-state index in [0.717, 1.165) is 5.56 Å². The Labute approximate surface area is 136 Å². The van der Waals surface area contributed by atoms with Gasteiger partial charge < -0.3 is 4.74 Å². The number of ether oxygens (including phenoxy) is 1. The van der Waals surface area contributed by atoms with Gasteiger partial charge in [0, 0.05) is 22.7 Å². The molecule has 0 saturated heterocycles. The Hall–Kier alpha value is -2.92. The van der Waals surface area contributed by atoms with Gasteiger partial charge in [-0.2, -0.15) is 0 Å². The number of rotatable bonds is 3. The van der Waals surface area contributed by atoms with Gasteiger partial charge in [-0.05, 0) is 42.0 Å². The second-order valence-electron chi connectivity index (χ2n) is 4.86. The number of carbonyl (C=O) groups is 1. The van der Waals surface area contributed by atoms with Crippen LogP contribution in [-0.4, -0.2) is 10.9 Å². The van der Waals surface area contributed by atoms with Crippen molar-refractivity contribution >= 4 is 35.1 Å². The SMILES string of the molecule is O=C1OC(c2ccc(Cl)cc2)=C/C1=C/c1cccc([N+](=O)[O-])c1. The number of cyclic esters (lactones) is 1. The minimum atomic E-state index is -0.499. The molecule has 23 heavy (non-hydrogen) atoms. The third kappa shape index (κ3) is 3.30. The molecule has 6 heteroatoms. The van der Waals surface area contributed by atoms with E-state index in [4.69, 9.17) is 16.3 Å². The van der Waals surface area contributed by atoms with E-state index in [-0.39, 0.29) is 5.69 Å². The summed E-state index contributed by atoms with van der Waals surface area (Å²) in [6.45, 7) is 0. The van der Waals surface area contributed by atoms with Gasteiger partial charge in [0.2, 0.25) is 0 Å². The van der Waals surface area contributed by atoms with Gasteiger partial charge in [-0.25, -0.2) is 4.79 Å². The first-order valence-corrected chi connectivity index (χ1v) is 7.07. The number of halogens is 1. The van der Waals surface area contributed by atoms with Gasteiger partial charge in [-0.15, -0.1) is 0 Å². The Bertz CT molecular complexity index is 853. The van der Waals surface area contributed by atoms with Crippen molar-refractivity contribution < 1.29 is 14.5 Å². The van der Waals surface area contributed by atoms with Crippen molar-refractivity contribution in [3.8, 4) is 0 Å². The summed E-state index contributed by atoms with van der Waals surface area (Å²) in [5.74, 6) is -0.0789. The summed E-state index contributed by atoms with van der Waals surface area (Å²) >= 11 is 5.83. The maximum Gasteiger partial charge on any atom is 0.343 e. The molecule has 0 aromatic heterocycles. The largest absolute Gasteiger partial charge is 0.422 e. The molecule has 0 aliphatic carbocycles. The third-order valence-corrected chi connectivity index (χ3v) is 3.51. The van der Waals surface area contributed by atoms with Crippen LogP contribution >= 0.6 is 11.6 Å². The van der Waals surface area contributed by atoms with E-state index >= 15 is 0 Å². The molecule has 0 N–H and O–H groups in total. The highest BCUT2D eigenvalue weighted by atomic mass is 35.5. The quantitative estimate of drug-likeness (QED) is 0.366. The highest BCUT2D eigenvalue weighted by Crippen LogP contribution is 2.28. The molecular weight excluding hydrogens is 318 g/mol. The first-order chi connectivity index (χ1) is 11.0. The van der Waals surface area contributed by atoms with Crippen molar-refractivity contribution in [2.45, 2.75) is 0 Å². The van der Waals surface area contributed by atoms with Crippen LogP contribution < -0.4 is 0 Å². The highest BCUT2D eigenvalue weighted by Gasteiger charge is 2.22. The fourth-order valence-corrected chi connectivity index (χ4v) is 2.28. The van der Waals surface area contributed by atoms with Gasteiger partial charge in [0.15, 0.2) is 0 Å². The number of nitro groups is 1. The molecule has 2 aromatic carbocycles. The number of nitro benzene ring substituents is 1. The Morgan fingerprint density at radius 1 is 1.13 bits per heavy atom. The molecule has 1 aliphatic heterocycles. The Morgan fingerprint density at radius 2 is 1.87 bits per heavy atom. The van der Waals surface area contributed by atoms with E-state index in [0.29, 0.717) is 21.9 Å². The maximum atomic E-state index is 11.9. The monoisotopic (exact) mass is 327 g/mol. The van der Waals surface area contributed by atoms with E-state index in [1.54, 1.807) is 48.6 Å². The van der Waals surface area contributed by atoms with Crippen molar-refractivity contribution in [2.24, 2.45) is 0 Å². The molecule has 0 fully saturated rings. The standard InChI is InChI=1S/C17H10ClNO4/c18-14-6-4-12(5-7-14)16-10-13(17(20)23-16)8-11-2-1-3-15(9-11)19(21)22/h1-10H/b13-8-. The fourth-order valence-electron chi connectivity index (χ4n) is 2.15. The summed E-state index contributed by atoms with van der Waals surface area (Å²) in [4.78, 5) is 22.3. The molecule has 2 aromatic rings. The molecular formula is C17H10ClNO4. The van der Waals surface area contributed by atoms with Gasteiger partial charge >= 0.3 is 5.97 Å². The first kappa shape index (κ1) is 15.0. The van der Waals surface area contributed by atoms with E-state index in [2.05, 4.69) is 0 Å². The van der Waals surface area contributed by atoms with E-state index in [1.165, 1.54) is 12.1 Å². The zero-order valence-corrected chi connectivity index (χ0v) is 12.5. The predicted molar refractivity (Wildman–Crippen MR) is 86.6 cm³/mol. The van der Waals surface area contributed by atoms with Crippen molar-refractivity contribution in [1.82, 2.24) is 0 Å². The summed E-state index contributed by atoms with van der Waals surface area (Å²) in [6.07, 6.45) is 3.16. The van der Waals surface area contributed by atoms with Crippen molar-refractivity contribution in [1.29, 1.82) is 0 Å². The molecule has 1 heterocycles. The Balaban J connectivity index is 1.93. The number of esters is 1. The average Bonchev–Trinajstić information content (AvgIpc) is 2.89. The van der Waals surface area contributed by atoms with Gasteiger partial charge in [-0.1, -0.05) is 23.7 Å². The molecule has 0 atom stereocenters. The lowest BCUT2D eigenvalue weighted by Crippen LogP contribution is -1.97. The number of benzene rings is 2. The summed E-state index contributed by atoms with van der Waals surface area (Å²) in [5, 5.41) is 11.4. The molecule has 0 spiro atoms. The number of nitrogens with zero attached hydrogens (tertiary/aromatic N) is 1.